The average Bonchev–Trinajstić information content (AvgIpc) is 2.40. The third-order valence-corrected chi connectivity index (χ3v) is 2.59. The zero-order chi connectivity index (χ0) is 15.5. The normalized spacial score (nSPS) is 8.73. The number of halogens is 1. The number of benzene rings is 1. The van der Waals surface area contributed by atoms with Crippen LogP contribution in [0.5, 0.6) is 0 Å². The maximum atomic E-state index is 11.7. The summed E-state index contributed by atoms with van der Waals surface area (Å²) < 4.78 is 10.9. The van der Waals surface area contributed by atoms with Gasteiger partial charge in [0.25, 0.3) is 5.91 Å². The van der Waals surface area contributed by atoms with E-state index in [-0.39, 0.29) is 109 Å². The maximum Gasteiger partial charge on any atom is 1.00 e. The van der Waals surface area contributed by atoms with Gasteiger partial charge in [0.2, 0.25) is 0 Å². The molecule has 0 aliphatic rings. The Morgan fingerprint density at radius 2 is 1.55 bits per heavy atom. The molecule has 112 valence electrons. The molecule has 0 aromatic heterocycles. The van der Waals surface area contributed by atoms with Crippen molar-refractivity contribution in [2.75, 3.05) is 20.8 Å². The summed E-state index contributed by atoms with van der Waals surface area (Å²) in [6, 6.07) is 7.13. The summed E-state index contributed by atoms with van der Waals surface area (Å²) in [5.41, 5.74) is 0.606. The van der Waals surface area contributed by atoms with Crippen LogP contribution in [0.1, 0.15) is 10.4 Å². The number of carbonyl (C=O) groups excluding carboxylic acids is 2. The molecule has 0 bridgehead atoms. The summed E-state index contributed by atoms with van der Waals surface area (Å²) in [4.78, 5) is 20.0. The molecule has 1 aromatic carbocycles. The molecule has 1 amide bonds. The summed E-state index contributed by atoms with van der Waals surface area (Å²) in [5, 5.41) is 19.4. The monoisotopic (exact) mass is 425 g/mol. The fraction of sp³-hybridized carbons (Fsp3) is 0.333. The fourth-order valence-electron chi connectivity index (χ4n) is 1.14. The third-order valence-electron chi connectivity index (χ3n) is 2.06. The van der Waals surface area contributed by atoms with Gasteiger partial charge in [-0.25, -0.2) is 0 Å². The molecule has 1 N–H and O–H groups in total. The van der Waals surface area contributed by atoms with Crippen molar-refractivity contribution >= 4 is 28.0 Å². The van der Waals surface area contributed by atoms with Gasteiger partial charge >= 0.3 is 103 Å². The van der Waals surface area contributed by atoms with E-state index >= 15 is 0 Å². The first-order valence-electron chi connectivity index (χ1n) is 5.38. The van der Waals surface area contributed by atoms with E-state index in [1.165, 1.54) is 14.2 Å². The summed E-state index contributed by atoms with van der Waals surface area (Å²) in [6.07, 6.45) is -2.75. The number of rotatable bonds is 5. The van der Waals surface area contributed by atoms with Crippen molar-refractivity contribution in [3.63, 3.8) is 0 Å². The van der Waals surface area contributed by atoms with Gasteiger partial charge in [0.1, 0.15) is 0 Å². The van der Waals surface area contributed by atoms with Crippen LogP contribution in [0.15, 0.2) is 28.7 Å². The van der Waals surface area contributed by atoms with E-state index < -0.39 is 12.4 Å². The first-order valence-corrected chi connectivity index (χ1v) is 6.17. The van der Waals surface area contributed by atoms with Crippen LogP contribution in [0, 0.1) is 0 Å². The van der Waals surface area contributed by atoms with Crippen molar-refractivity contribution < 1.29 is 132 Å². The molecule has 0 radical (unpaired) electrons. The molecule has 0 unspecified atom stereocenters. The molecule has 10 heteroatoms. The van der Waals surface area contributed by atoms with E-state index in [4.69, 9.17) is 24.5 Å². The number of hydrogen-bond acceptors (Lipinski definition) is 6. The maximum absolute atomic E-state index is 11.7. The number of methoxy groups -OCH3 is 2. The first-order chi connectivity index (χ1) is 9.40. The summed E-state index contributed by atoms with van der Waals surface area (Å²) in [5.74, 6) is -0.147. The Hall–Kier alpha value is 1.63. The van der Waals surface area contributed by atoms with E-state index in [1.807, 2.05) is 12.1 Å². The molecule has 0 aliphatic heterocycles. The number of amides is 1. The fourth-order valence-corrected chi connectivity index (χ4v) is 1.41. The van der Waals surface area contributed by atoms with Gasteiger partial charge in [-0.15, -0.1) is 0 Å². The van der Waals surface area contributed by atoms with E-state index in [1.54, 1.807) is 12.1 Å². The molecule has 22 heavy (non-hydrogen) atoms. The van der Waals surface area contributed by atoms with Crippen LogP contribution < -0.4 is 118 Å². The Bertz CT molecular complexity index is 424. The van der Waals surface area contributed by atoms with Crippen molar-refractivity contribution in [3.8, 4) is 0 Å². The van der Waals surface area contributed by atoms with Crippen LogP contribution in [0.2, 0.25) is 0 Å². The Morgan fingerprint density at radius 1 is 1.14 bits per heavy atom. The summed E-state index contributed by atoms with van der Waals surface area (Å²) in [6.45, 7) is 0.321. The van der Waals surface area contributed by atoms with Crippen LogP contribution in [0.4, 0.5) is 4.79 Å². The smallest absolute Gasteiger partial charge is 0.652 e. The molecule has 0 atom stereocenters. The largest absolute Gasteiger partial charge is 1.00 e. The van der Waals surface area contributed by atoms with E-state index in [2.05, 4.69) is 21.2 Å². The molecule has 1 aromatic rings. The number of hydrogen-bond donors (Lipinski definition) is 1. The second-order valence-corrected chi connectivity index (χ2v) is 4.28. The molecular weight excluding hydrogens is 412 g/mol. The molecule has 0 saturated heterocycles. The van der Waals surface area contributed by atoms with E-state index in [0.29, 0.717) is 12.1 Å². The molecule has 0 heterocycles. The van der Waals surface area contributed by atoms with Crippen LogP contribution in [-0.2, 0) is 9.47 Å². The zero-order valence-corrected chi connectivity index (χ0v) is 20.8. The topological polar surface area (TPSA) is 111 Å². The van der Waals surface area contributed by atoms with Crippen LogP contribution in [-0.4, -0.2) is 39.1 Å². The Labute approximate surface area is 222 Å². The van der Waals surface area contributed by atoms with Crippen LogP contribution >= 0.6 is 15.9 Å². The number of nitrogens with one attached hydrogen (secondary N) is 1. The molecule has 1 rings (SSSR count). The van der Waals surface area contributed by atoms with Crippen molar-refractivity contribution in [2.45, 2.75) is 6.29 Å². The zero-order valence-electron chi connectivity index (χ0n) is 12.9. The molecule has 0 saturated carbocycles. The predicted molar refractivity (Wildman–Crippen MR) is 69.7 cm³/mol. The standard InChI is InChI=1S/C11H14BrNO3.CH2O3.2K/c1-15-10(16-2)7-13-11(14)8-3-5-9(12)6-4-8;2-1(3)4;;/h3-6,10H,7H2,1-2H3,(H,13,14);(H2,2,3,4);;/q;;2*+1/p-2. The SMILES string of the molecule is COC(CNC(=O)c1ccc(Br)cc1)OC.O=C([O-])[O-].[K+].[K+]. The van der Waals surface area contributed by atoms with Gasteiger partial charge < -0.3 is 29.8 Å². The quantitative estimate of drug-likeness (QED) is 0.370. The van der Waals surface area contributed by atoms with E-state index in [0.717, 1.165) is 4.47 Å². The van der Waals surface area contributed by atoms with Crippen molar-refractivity contribution in [2.24, 2.45) is 0 Å². The predicted octanol–water partition coefficient (Wildman–Crippen LogP) is -6.64. The number of carbonyl (C=O) groups is 2. The second kappa shape index (κ2) is 17.5. The third kappa shape index (κ3) is 15.2. The minimum absolute atomic E-state index is 0. The Balaban J connectivity index is -0.000000538. The van der Waals surface area contributed by atoms with Gasteiger partial charge in [0, 0.05) is 24.3 Å². The second-order valence-electron chi connectivity index (χ2n) is 3.37. The van der Waals surface area contributed by atoms with Gasteiger partial charge in [-0.1, -0.05) is 15.9 Å². The van der Waals surface area contributed by atoms with Crippen LogP contribution in [0.25, 0.3) is 0 Å². The molecule has 0 aliphatic carbocycles. The molecule has 7 nitrogen and oxygen atoms in total. The minimum Gasteiger partial charge on any atom is -0.652 e. The molecule has 0 fully saturated rings. The van der Waals surface area contributed by atoms with Gasteiger partial charge in [-0.3, -0.25) is 4.79 Å². The van der Waals surface area contributed by atoms with Crippen molar-refractivity contribution in [3.05, 3.63) is 34.3 Å². The van der Waals surface area contributed by atoms with Crippen molar-refractivity contribution in [1.29, 1.82) is 0 Å². The van der Waals surface area contributed by atoms with Gasteiger partial charge in [-0.05, 0) is 30.4 Å². The van der Waals surface area contributed by atoms with Gasteiger partial charge in [0.15, 0.2) is 6.29 Å². The Kier molecular flexibility index (Phi) is 22.6. The van der Waals surface area contributed by atoms with Gasteiger partial charge in [-0.2, -0.15) is 0 Å². The number of carboxylic acid groups (broad SMARTS) is 2. The average molecular weight is 426 g/mol. The summed E-state index contributed by atoms with van der Waals surface area (Å²) in [7, 11) is 3.06. The molecular formula is C12H14BrK2NO6. The van der Waals surface area contributed by atoms with E-state index in [9.17, 15) is 4.79 Å². The van der Waals surface area contributed by atoms with Gasteiger partial charge in [0.05, 0.1) is 6.54 Å². The minimum atomic E-state index is -2.33. The first kappa shape index (κ1) is 28.4. The Morgan fingerprint density at radius 3 is 1.91 bits per heavy atom. The van der Waals surface area contributed by atoms with Crippen LogP contribution in [0.3, 0.4) is 0 Å². The number of ether oxygens (including phenoxy) is 2. The molecule has 0 spiro atoms. The summed E-state index contributed by atoms with van der Waals surface area (Å²) >= 11 is 3.31. The van der Waals surface area contributed by atoms with Crippen molar-refractivity contribution in [1.82, 2.24) is 5.32 Å².